The highest BCUT2D eigenvalue weighted by molar-refractivity contribution is 7.79. The van der Waals surface area contributed by atoms with E-state index in [1.165, 1.54) is 18.2 Å². The maximum absolute atomic E-state index is 15.8. The molecule has 47 heavy (non-hydrogen) atoms. The lowest BCUT2D eigenvalue weighted by Crippen LogP contribution is -2.33. The number of nitrogens with zero attached hydrogens (tertiary/aromatic N) is 2. The van der Waals surface area contributed by atoms with E-state index in [1.807, 2.05) is 0 Å². The van der Waals surface area contributed by atoms with Crippen LogP contribution in [-0.4, -0.2) is 38.1 Å². The first-order chi connectivity index (χ1) is 22.2. The van der Waals surface area contributed by atoms with Crippen LogP contribution in [0.3, 0.4) is 0 Å². The Labute approximate surface area is 273 Å². The molecule has 2 aromatic carbocycles. The summed E-state index contributed by atoms with van der Waals surface area (Å²) in [5.74, 6) is -2.34. The van der Waals surface area contributed by atoms with Crippen molar-refractivity contribution in [2.75, 3.05) is 24.2 Å². The van der Waals surface area contributed by atoms with Crippen molar-refractivity contribution in [1.82, 2.24) is 9.97 Å². The molecule has 13 heteroatoms. The van der Waals surface area contributed by atoms with Crippen molar-refractivity contribution in [3.63, 3.8) is 0 Å². The molecular weight excluding hydrogens is 639 g/mol. The van der Waals surface area contributed by atoms with Gasteiger partial charge < -0.3 is 20.3 Å². The quantitative estimate of drug-likeness (QED) is 0.0736. The summed E-state index contributed by atoms with van der Waals surface area (Å²) >= 11 is -2.45. The second kappa shape index (κ2) is 15.2. The Morgan fingerprint density at radius 2 is 1.60 bits per heavy atom. The number of ether oxygens (including phenoxy) is 1. The fraction of sp³-hybridized carbons (Fsp3) is 0.353. The number of rotatable bonds is 15. The van der Waals surface area contributed by atoms with Gasteiger partial charge in [-0.05, 0) is 72.3 Å². The minimum Gasteiger partial charge on any atom is -0.767 e. The van der Waals surface area contributed by atoms with E-state index >= 15 is 8.78 Å². The number of hydrogen-bond acceptors (Lipinski definition) is 7. The van der Waals surface area contributed by atoms with E-state index in [1.54, 1.807) is 60.7 Å². The summed E-state index contributed by atoms with van der Waals surface area (Å²) in [6.07, 6.45) is -3.75. The summed E-state index contributed by atoms with van der Waals surface area (Å²) < 4.78 is 99.2. The van der Waals surface area contributed by atoms with Crippen molar-refractivity contribution in [2.24, 2.45) is 5.41 Å². The van der Waals surface area contributed by atoms with Gasteiger partial charge in [0.2, 0.25) is 0 Å². The Bertz CT molecular complexity index is 1680. The molecule has 0 aliphatic rings. The van der Waals surface area contributed by atoms with Crippen LogP contribution in [0.4, 0.5) is 33.6 Å². The molecule has 0 aliphatic carbocycles. The van der Waals surface area contributed by atoms with Gasteiger partial charge in [-0.3, -0.25) is 4.21 Å². The molecule has 0 aliphatic heterocycles. The molecule has 7 nitrogen and oxygen atoms in total. The number of nitrogen functional groups attached to an aromatic ring is 1. The highest BCUT2D eigenvalue weighted by Gasteiger charge is 2.46. The van der Waals surface area contributed by atoms with Crippen molar-refractivity contribution >= 4 is 22.7 Å². The fourth-order valence-corrected chi connectivity index (χ4v) is 5.21. The number of anilines is 2. The summed E-state index contributed by atoms with van der Waals surface area (Å²) in [5, 5.41) is 2.92. The second-order valence-corrected chi connectivity index (χ2v) is 12.6. The number of halogens is 5. The lowest BCUT2D eigenvalue weighted by Gasteiger charge is -2.27. The Balaban J connectivity index is 1.46. The number of hydrogen-bond donors (Lipinski definition) is 2. The van der Waals surface area contributed by atoms with Crippen LogP contribution in [0.5, 0.6) is 5.75 Å². The third-order valence-electron chi connectivity index (χ3n) is 7.77. The molecule has 1 atom stereocenters. The molecule has 0 saturated heterocycles. The van der Waals surface area contributed by atoms with Crippen LogP contribution in [-0.2, 0) is 17.0 Å². The molecular formula is C34H36F5N4O3S-. The third-order valence-corrected chi connectivity index (χ3v) is 8.34. The van der Waals surface area contributed by atoms with Gasteiger partial charge in [-0.1, -0.05) is 62.7 Å². The van der Waals surface area contributed by atoms with Crippen LogP contribution in [0.25, 0.3) is 22.4 Å². The minimum atomic E-state index is -4.37. The first kappa shape index (κ1) is 35.7. The number of nitrogens with one attached hydrogen (secondary N) is 1. The predicted molar refractivity (Wildman–Crippen MR) is 172 cm³/mol. The summed E-state index contributed by atoms with van der Waals surface area (Å²) in [6, 6.07) is 20.6. The number of nitrogens with two attached hydrogens (primary N) is 1. The van der Waals surface area contributed by atoms with E-state index in [0.29, 0.717) is 42.1 Å². The van der Waals surface area contributed by atoms with Gasteiger partial charge in [-0.2, -0.15) is 13.2 Å². The largest absolute Gasteiger partial charge is 0.767 e. The van der Waals surface area contributed by atoms with Crippen molar-refractivity contribution in [1.29, 1.82) is 0 Å². The van der Waals surface area contributed by atoms with E-state index in [4.69, 9.17) is 10.5 Å². The SMILES string of the molecule is CC(C)(CCOc1cccc(-c2ccc(N)nc2-c2ccccc2C(F)(F)CCCCCNc2cccc(S(=O)[O-])n2)c1)C(F)(F)F. The molecule has 4 aromatic rings. The van der Waals surface area contributed by atoms with Crippen LogP contribution in [0.15, 0.2) is 83.9 Å². The van der Waals surface area contributed by atoms with Gasteiger partial charge in [0.15, 0.2) is 0 Å². The second-order valence-electron chi connectivity index (χ2n) is 11.7. The van der Waals surface area contributed by atoms with Crippen molar-refractivity contribution in [3.05, 3.63) is 84.4 Å². The summed E-state index contributed by atoms with van der Waals surface area (Å²) in [7, 11) is 0. The summed E-state index contributed by atoms with van der Waals surface area (Å²) in [4.78, 5) is 8.41. The molecule has 252 valence electrons. The van der Waals surface area contributed by atoms with Crippen LogP contribution < -0.4 is 15.8 Å². The van der Waals surface area contributed by atoms with Crippen LogP contribution in [0.2, 0.25) is 0 Å². The number of alkyl halides is 5. The van der Waals surface area contributed by atoms with Crippen LogP contribution in [0, 0.1) is 5.41 Å². The van der Waals surface area contributed by atoms with E-state index in [-0.39, 0.29) is 47.1 Å². The summed E-state index contributed by atoms with van der Waals surface area (Å²) in [5.41, 5.74) is 5.42. The van der Waals surface area contributed by atoms with Gasteiger partial charge >= 0.3 is 6.18 Å². The lowest BCUT2D eigenvalue weighted by atomic mass is 9.89. The molecule has 4 rings (SSSR count). The standard InChI is InChI=1S/C34H37F5N4O3S/c1-32(2,34(37,38)39)19-21-46-24-11-8-10-23(22-24)25-16-17-28(40)42-31(25)26-12-4-5-13-27(26)33(35,36)18-6-3-7-20-41-29-14-9-15-30(43-29)47(44)45/h4-5,8-17,22H,3,6-7,18-21H2,1-2H3,(H2,40,42)(H,41,43)(H,44,45)/p-1. The zero-order chi connectivity index (χ0) is 34.2. The normalized spacial score (nSPS) is 12.9. The predicted octanol–water partition coefficient (Wildman–Crippen LogP) is 8.75. The van der Waals surface area contributed by atoms with E-state index in [0.717, 1.165) is 13.8 Å². The van der Waals surface area contributed by atoms with Gasteiger partial charge in [0, 0.05) is 29.7 Å². The smallest absolute Gasteiger partial charge is 0.394 e. The Hall–Kier alpha value is -4.10. The van der Waals surface area contributed by atoms with Crippen LogP contribution in [0.1, 0.15) is 51.5 Å². The van der Waals surface area contributed by atoms with E-state index in [9.17, 15) is 21.9 Å². The molecule has 3 N–H and O–H groups in total. The topological polar surface area (TPSA) is 113 Å². The molecule has 0 spiro atoms. The maximum atomic E-state index is 15.8. The summed E-state index contributed by atoms with van der Waals surface area (Å²) in [6.45, 7) is 2.50. The van der Waals surface area contributed by atoms with Gasteiger partial charge in [0.05, 0.1) is 17.7 Å². The average molecular weight is 676 g/mol. The Morgan fingerprint density at radius 1 is 0.851 bits per heavy atom. The maximum Gasteiger partial charge on any atom is 0.394 e. The van der Waals surface area contributed by atoms with Gasteiger partial charge in [-0.15, -0.1) is 0 Å². The van der Waals surface area contributed by atoms with Crippen LogP contribution >= 0.6 is 0 Å². The first-order valence-corrected chi connectivity index (χ1v) is 16.1. The third kappa shape index (κ3) is 9.48. The van der Waals surface area contributed by atoms with Crippen molar-refractivity contribution < 1.29 is 35.5 Å². The highest BCUT2D eigenvalue weighted by Crippen LogP contribution is 2.43. The average Bonchev–Trinajstić information content (AvgIpc) is 3.02. The monoisotopic (exact) mass is 675 g/mol. The zero-order valence-electron chi connectivity index (χ0n) is 25.9. The fourth-order valence-electron chi connectivity index (χ4n) is 4.85. The van der Waals surface area contributed by atoms with Crippen molar-refractivity contribution in [3.8, 4) is 28.1 Å². The number of aromatic nitrogens is 2. The van der Waals surface area contributed by atoms with Gasteiger partial charge in [0.25, 0.3) is 5.92 Å². The van der Waals surface area contributed by atoms with Crippen molar-refractivity contribution in [2.45, 2.75) is 63.1 Å². The molecule has 0 saturated carbocycles. The highest BCUT2D eigenvalue weighted by atomic mass is 32.2. The molecule has 2 aromatic heterocycles. The Morgan fingerprint density at radius 3 is 2.34 bits per heavy atom. The first-order valence-electron chi connectivity index (χ1n) is 15.0. The van der Waals surface area contributed by atoms with E-state index < -0.39 is 35.0 Å². The number of unbranched alkanes of at least 4 members (excludes halogenated alkanes) is 2. The molecule has 0 fully saturated rings. The minimum absolute atomic E-state index is 0.0869. The lowest BCUT2D eigenvalue weighted by molar-refractivity contribution is -0.215. The molecule has 2 heterocycles. The van der Waals surface area contributed by atoms with E-state index in [2.05, 4.69) is 15.3 Å². The molecule has 0 amide bonds. The molecule has 0 radical (unpaired) electrons. The zero-order valence-corrected chi connectivity index (χ0v) is 26.8. The van der Waals surface area contributed by atoms with Gasteiger partial charge in [-0.25, -0.2) is 18.7 Å². The number of pyridine rings is 2. The molecule has 0 bridgehead atoms. The Kier molecular flexibility index (Phi) is 11.6. The number of benzene rings is 2. The molecule has 1 unspecified atom stereocenters. The van der Waals surface area contributed by atoms with Gasteiger partial charge in [0.1, 0.15) is 22.4 Å².